The number of anilines is 4. The molecule has 2 aromatic heterocycles. The first kappa shape index (κ1) is 23.9. The largest absolute Gasteiger partial charge is 0.381 e. The molecule has 2 aliphatic rings. The van der Waals surface area contributed by atoms with E-state index in [1.54, 1.807) is 24.7 Å². The number of carbonyl (C=O) groups is 1. The number of nitrogens with one attached hydrogen (secondary N) is 3. The van der Waals surface area contributed by atoms with E-state index in [9.17, 15) is 9.59 Å². The Labute approximate surface area is 211 Å². The Balaban J connectivity index is 1.22. The van der Waals surface area contributed by atoms with Crippen LogP contribution in [0.1, 0.15) is 23.2 Å². The fourth-order valence-electron chi connectivity index (χ4n) is 4.89. The van der Waals surface area contributed by atoms with E-state index in [1.807, 2.05) is 36.4 Å². The molecule has 1 aromatic carbocycles. The fraction of sp³-hybridized carbons (Fsp3) is 0.370. The van der Waals surface area contributed by atoms with Crippen molar-refractivity contribution in [2.45, 2.75) is 18.9 Å². The van der Waals surface area contributed by atoms with Crippen molar-refractivity contribution in [3.8, 4) is 0 Å². The maximum atomic E-state index is 13.2. The van der Waals surface area contributed by atoms with E-state index >= 15 is 0 Å². The molecule has 36 heavy (non-hydrogen) atoms. The number of piperazine rings is 1. The topological polar surface area (TPSA) is 96.6 Å². The van der Waals surface area contributed by atoms with Gasteiger partial charge >= 0.3 is 0 Å². The van der Waals surface area contributed by atoms with Gasteiger partial charge in [0.05, 0.1) is 5.69 Å². The van der Waals surface area contributed by atoms with Crippen LogP contribution in [-0.4, -0.2) is 73.1 Å². The first-order chi connectivity index (χ1) is 17.6. The molecular weight excluding hydrogens is 454 g/mol. The van der Waals surface area contributed by atoms with Gasteiger partial charge in [-0.25, -0.2) is 0 Å². The van der Waals surface area contributed by atoms with Crippen molar-refractivity contribution in [2.24, 2.45) is 0 Å². The molecule has 0 unspecified atom stereocenters. The van der Waals surface area contributed by atoms with Crippen molar-refractivity contribution in [3.05, 3.63) is 77.0 Å². The number of nitrogens with zero attached hydrogens (tertiary/aromatic N) is 4. The van der Waals surface area contributed by atoms with Crippen LogP contribution in [0, 0.1) is 0 Å². The normalized spacial score (nSPS) is 17.1. The first-order valence-electron chi connectivity index (χ1n) is 12.5. The summed E-state index contributed by atoms with van der Waals surface area (Å²) in [4.78, 5) is 39.5. The maximum Gasteiger partial charge on any atom is 0.263 e. The molecule has 0 aliphatic carbocycles. The van der Waals surface area contributed by atoms with Crippen LogP contribution in [0.4, 0.5) is 22.7 Å². The van der Waals surface area contributed by atoms with Crippen LogP contribution in [0.3, 0.4) is 0 Å². The monoisotopic (exact) mass is 487 g/mol. The van der Waals surface area contributed by atoms with Crippen molar-refractivity contribution in [2.75, 3.05) is 66.7 Å². The fourth-order valence-corrected chi connectivity index (χ4v) is 4.89. The van der Waals surface area contributed by atoms with E-state index in [4.69, 9.17) is 0 Å². The van der Waals surface area contributed by atoms with Gasteiger partial charge in [-0.05, 0) is 62.4 Å². The Morgan fingerprint density at radius 3 is 2.22 bits per heavy atom. The molecule has 2 aliphatic heterocycles. The molecular formula is C27H33N7O2. The third-order valence-electron chi connectivity index (χ3n) is 7.06. The Kier molecular flexibility index (Phi) is 7.18. The highest BCUT2D eigenvalue weighted by molar-refractivity contribution is 6.07. The number of aromatic nitrogens is 2. The number of pyridine rings is 2. The highest BCUT2D eigenvalue weighted by Crippen LogP contribution is 2.24. The summed E-state index contributed by atoms with van der Waals surface area (Å²) in [5, 5.41) is 6.36. The average Bonchev–Trinajstić information content (AvgIpc) is 2.91. The third kappa shape index (κ3) is 5.52. The Bertz CT molecular complexity index is 1210. The summed E-state index contributed by atoms with van der Waals surface area (Å²) in [6.45, 7) is 5.83. The van der Waals surface area contributed by atoms with Gasteiger partial charge in [-0.2, -0.15) is 0 Å². The quantitative estimate of drug-likeness (QED) is 0.492. The second-order valence-electron chi connectivity index (χ2n) is 9.50. The Morgan fingerprint density at radius 2 is 1.53 bits per heavy atom. The van der Waals surface area contributed by atoms with E-state index in [1.165, 1.54) is 5.69 Å². The summed E-state index contributed by atoms with van der Waals surface area (Å²) in [6, 6.07) is 13.8. The molecule has 0 atom stereocenters. The van der Waals surface area contributed by atoms with E-state index in [0.717, 1.165) is 57.8 Å². The lowest BCUT2D eigenvalue weighted by Gasteiger charge is -2.34. The molecule has 3 N–H and O–H groups in total. The smallest absolute Gasteiger partial charge is 0.263 e. The number of piperidine rings is 1. The number of H-pyrrole nitrogens is 1. The minimum atomic E-state index is -0.416. The number of likely N-dealkylation sites (N-methyl/N-ethyl adjacent to an activating group) is 1. The highest BCUT2D eigenvalue weighted by atomic mass is 16.2. The van der Waals surface area contributed by atoms with Crippen LogP contribution in [-0.2, 0) is 0 Å². The predicted molar refractivity (Wildman–Crippen MR) is 144 cm³/mol. The van der Waals surface area contributed by atoms with Crippen LogP contribution < -0.4 is 26.0 Å². The van der Waals surface area contributed by atoms with Crippen molar-refractivity contribution in [1.82, 2.24) is 14.9 Å². The Morgan fingerprint density at radius 1 is 0.889 bits per heavy atom. The first-order valence-corrected chi connectivity index (χ1v) is 12.5. The van der Waals surface area contributed by atoms with Gasteiger partial charge in [0.2, 0.25) is 0 Å². The molecule has 9 heteroatoms. The second-order valence-corrected chi connectivity index (χ2v) is 9.50. The van der Waals surface area contributed by atoms with E-state index < -0.39 is 11.5 Å². The van der Waals surface area contributed by atoms with Crippen molar-refractivity contribution in [3.63, 3.8) is 0 Å². The van der Waals surface area contributed by atoms with Gasteiger partial charge in [-0.1, -0.05) is 0 Å². The zero-order valence-corrected chi connectivity index (χ0v) is 20.6. The zero-order chi connectivity index (χ0) is 24.9. The van der Waals surface area contributed by atoms with Crippen molar-refractivity contribution in [1.29, 1.82) is 0 Å². The molecule has 0 spiro atoms. The van der Waals surface area contributed by atoms with Crippen LogP contribution >= 0.6 is 0 Å². The highest BCUT2D eigenvalue weighted by Gasteiger charge is 2.23. The van der Waals surface area contributed by atoms with Crippen LogP contribution in [0.2, 0.25) is 0 Å². The summed E-state index contributed by atoms with van der Waals surface area (Å²) in [5.41, 5.74) is 3.24. The van der Waals surface area contributed by atoms with E-state index in [0.29, 0.717) is 11.4 Å². The summed E-state index contributed by atoms with van der Waals surface area (Å²) in [7, 11) is 2.13. The van der Waals surface area contributed by atoms with Crippen LogP contribution in [0.15, 0.2) is 65.8 Å². The number of carbonyl (C=O) groups excluding carboxylic acids is 1. The third-order valence-corrected chi connectivity index (χ3v) is 7.06. The number of aromatic amines is 1. The number of hydrogen-bond acceptors (Lipinski definition) is 7. The Hall–Kier alpha value is -3.85. The SMILES string of the molecule is CN1CCN(c2ccc(NC(=O)c3c(NC4CCN(c5ccncc5)CC4)cc[nH]c3=O)cc2)CC1. The molecule has 2 fully saturated rings. The zero-order valence-electron chi connectivity index (χ0n) is 20.6. The average molecular weight is 488 g/mol. The standard InChI is InChI=1S/C27H33N7O2/c1-32-16-18-34(19-17-32)22-4-2-20(3-5-22)31-27(36)25-24(8-13-29-26(25)35)30-21-9-14-33(15-10-21)23-6-11-28-12-7-23/h2-8,11-13,21H,9-10,14-19H2,1H3,(H,31,36)(H2,29,30,35). The summed E-state index contributed by atoms with van der Waals surface area (Å²) >= 11 is 0. The second kappa shape index (κ2) is 10.8. The number of amides is 1. The lowest BCUT2D eigenvalue weighted by molar-refractivity contribution is 0.102. The van der Waals surface area contributed by atoms with Crippen LogP contribution in [0.5, 0.6) is 0 Å². The summed E-state index contributed by atoms with van der Waals surface area (Å²) in [6.07, 6.45) is 7.01. The molecule has 3 aromatic rings. The molecule has 1 amide bonds. The van der Waals surface area contributed by atoms with Crippen LogP contribution in [0.25, 0.3) is 0 Å². The molecule has 9 nitrogen and oxygen atoms in total. The minimum absolute atomic E-state index is 0.109. The van der Waals surface area contributed by atoms with Gasteiger partial charge in [0, 0.05) is 81.0 Å². The van der Waals surface area contributed by atoms with Gasteiger partial charge < -0.3 is 30.3 Å². The number of benzene rings is 1. The molecule has 0 saturated carbocycles. The molecule has 0 bridgehead atoms. The molecule has 0 radical (unpaired) electrons. The van der Waals surface area contributed by atoms with Gasteiger partial charge in [0.1, 0.15) is 5.56 Å². The van der Waals surface area contributed by atoms with Crippen molar-refractivity contribution < 1.29 is 4.79 Å². The summed E-state index contributed by atoms with van der Waals surface area (Å²) in [5.74, 6) is -0.416. The van der Waals surface area contributed by atoms with Gasteiger partial charge in [0.15, 0.2) is 0 Å². The minimum Gasteiger partial charge on any atom is -0.381 e. The van der Waals surface area contributed by atoms with E-state index in [-0.39, 0.29) is 11.6 Å². The molecule has 4 heterocycles. The summed E-state index contributed by atoms with van der Waals surface area (Å²) < 4.78 is 0. The maximum absolute atomic E-state index is 13.2. The number of hydrogen-bond donors (Lipinski definition) is 3. The molecule has 2 saturated heterocycles. The lowest BCUT2D eigenvalue weighted by Crippen LogP contribution is -2.44. The molecule has 188 valence electrons. The van der Waals surface area contributed by atoms with Crippen molar-refractivity contribution >= 4 is 28.7 Å². The van der Waals surface area contributed by atoms with Gasteiger partial charge in [0.25, 0.3) is 11.5 Å². The van der Waals surface area contributed by atoms with Gasteiger partial charge in [-0.3, -0.25) is 14.6 Å². The van der Waals surface area contributed by atoms with E-state index in [2.05, 4.69) is 42.3 Å². The lowest BCUT2D eigenvalue weighted by atomic mass is 10.0. The predicted octanol–water partition coefficient (Wildman–Crippen LogP) is 2.85. The molecule has 5 rings (SSSR count). The van der Waals surface area contributed by atoms with Gasteiger partial charge in [-0.15, -0.1) is 0 Å². The number of rotatable bonds is 6.